The highest BCUT2D eigenvalue weighted by Crippen LogP contribution is 2.24. The molecule has 0 bridgehead atoms. The molecule has 5 nitrogen and oxygen atoms in total. The summed E-state index contributed by atoms with van der Waals surface area (Å²) in [5.41, 5.74) is -0.690. The largest absolute Gasteiger partial charge is 0.385 e. The summed E-state index contributed by atoms with van der Waals surface area (Å²) in [5.74, 6) is -0.201. The lowest BCUT2D eigenvalue weighted by molar-refractivity contribution is -0.126. The Labute approximate surface area is 89.8 Å². The van der Waals surface area contributed by atoms with E-state index in [4.69, 9.17) is 4.74 Å². The fourth-order valence-electron chi connectivity index (χ4n) is 1.71. The number of methoxy groups -OCH3 is 1. The molecule has 15 heavy (non-hydrogen) atoms. The molecule has 0 aromatic heterocycles. The van der Waals surface area contributed by atoms with E-state index in [-0.39, 0.29) is 11.9 Å². The molecule has 0 saturated carbocycles. The topological polar surface area (TPSA) is 58.6 Å². The van der Waals surface area contributed by atoms with Crippen molar-refractivity contribution in [3.63, 3.8) is 0 Å². The average molecular weight is 214 g/mol. The summed E-state index contributed by atoms with van der Waals surface area (Å²) in [5, 5.41) is 2.34. The monoisotopic (exact) mass is 214 g/mol. The van der Waals surface area contributed by atoms with Gasteiger partial charge in [0, 0.05) is 20.3 Å². The van der Waals surface area contributed by atoms with Crippen LogP contribution in [0, 0.1) is 0 Å². The second-order valence-corrected chi connectivity index (χ2v) is 3.88. The van der Waals surface area contributed by atoms with Crippen molar-refractivity contribution in [3.05, 3.63) is 0 Å². The lowest BCUT2D eigenvalue weighted by Crippen LogP contribution is -2.47. The van der Waals surface area contributed by atoms with Crippen LogP contribution in [0.15, 0.2) is 0 Å². The number of hydrogen-bond donors (Lipinski definition) is 1. The number of hydrogen-bond acceptors (Lipinski definition) is 3. The zero-order valence-electron chi connectivity index (χ0n) is 9.50. The number of rotatable bonds is 5. The molecule has 1 heterocycles. The Balaban J connectivity index is 2.67. The van der Waals surface area contributed by atoms with Crippen molar-refractivity contribution in [2.75, 3.05) is 20.3 Å². The van der Waals surface area contributed by atoms with Gasteiger partial charge in [0.25, 0.3) is 5.91 Å². The van der Waals surface area contributed by atoms with Gasteiger partial charge in [-0.25, -0.2) is 4.79 Å². The molecule has 0 aliphatic carbocycles. The SMILES string of the molecule is CCC1(C)C(=O)NC(=O)N1CCCOC. The van der Waals surface area contributed by atoms with Crippen LogP contribution in [0.2, 0.25) is 0 Å². The third-order valence-electron chi connectivity index (χ3n) is 2.97. The van der Waals surface area contributed by atoms with Gasteiger partial charge in [-0.2, -0.15) is 0 Å². The Morgan fingerprint density at radius 2 is 2.13 bits per heavy atom. The van der Waals surface area contributed by atoms with E-state index in [0.29, 0.717) is 19.6 Å². The summed E-state index contributed by atoms with van der Waals surface area (Å²) in [4.78, 5) is 24.7. The molecular weight excluding hydrogens is 196 g/mol. The first kappa shape index (κ1) is 12.0. The average Bonchev–Trinajstić information content (AvgIpc) is 2.42. The summed E-state index contributed by atoms with van der Waals surface area (Å²) in [6.07, 6.45) is 1.37. The van der Waals surface area contributed by atoms with E-state index in [1.54, 1.807) is 18.9 Å². The van der Waals surface area contributed by atoms with Gasteiger partial charge >= 0.3 is 6.03 Å². The summed E-state index contributed by atoms with van der Waals surface area (Å²) in [7, 11) is 1.62. The summed E-state index contributed by atoms with van der Waals surface area (Å²) >= 11 is 0. The molecule has 0 radical (unpaired) electrons. The molecule has 3 amide bonds. The molecule has 1 atom stereocenters. The van der Waals surface area contributed by atoms with Gasteiger partial charge in [-0.3, -0.25) is 10.1 Å². The Morgan fingerprint density at radius 3 is 2.67 bits per heavy atom. The molecule has 1 unspecified atom stereocenters. The Kier molecular flexibility index (Phi) is 3.68. The number of carbonyl (C=O) groups excluding carboxylic acids is 2. The molecule has 5 heteroatoms. The molecule has 1 saturated heterocycles. The quantitative estimate of drug-likeness (QED) is 0.542. The Bertz CT molecular complexity index is 267. The molecule has 86 valence electrons. The van der Waals surface area contributed by atoms with Gasteiger partial charge in [-0.15, -0.1) is 0 Å². The van der Waals surface area contributed by atoms with Crippen molar-refractivity contribution in [3.8, 4) is 0 Å². The number of nitrogens with zero attached hydrogens (tertiary/aromatic N) is 1. The van der Waals surface area contributed by atoms with Crippen LogP contribution < -0.4 is 5.32 Å². The number of carbonyl (C=O) groups is 2. The number of urea groups is 1. The van der Waals surface area contributed by atoms with Crippen LogP contribution in [-0.4, -0.2) is 42.6 Å². The molecular formula is C10H18N2O3. The van der Waals surface area contributed by atoms with Crippen LogP contribution >= 0.6 is 0 Å². The van der Waals surface area contributed by atoms with Crippen molar-refractivity contribution in [1.29, 1.82) is 0 Å². The van der Waals surface area contributed by atoms with E-state index in [9.17, 15) is 9.59 Å². The first-order valence-corrected chi connectivity index (χ1v) is 5.18. The highest BCUT2D eigenvalue weighted by Gasteiger charge is 2.47. The van der Waals surface area contributed by atoms with Crippen molar-refractivity contribution in [1.82, 2.24) is 10.2 Å². The van der Waals surface area contributed by atoms with Gasteiger partial charge in [0.15, 0.2) is 0 Å². The smallest absolute Gasteiger partial charge is 0.325 e. The second kappa shape index (κ2) is 4.61. The number of nitrogens with one attached hydrogen (secondary N) is 1. The molecule has 1 N–H and O–H groups in total. The van der Waals surface area contributed by atoms with Crippen LogP contribution in [0.25, 0.3) is 0 Å². The minimum Gasteiger partial charge on any atom is -0.385 e. The van der Waals surface area contributed by atoms with Crippen LogP contribution in [0.1, 0.15) is 26.7 Å². The predicted octanol–water partition coefficient (Wildman–Crippen LogP) is 0.743. The van der Waals surface area contributed by atoms with Crippen molar-refractivity contribution >= 4 is 11.9 Å². The van der Waals surface area contributed by atoms with E-state index in [1.165, 1.54) is 0 Å². The maximum absolute atomic E-state index is 11.6. The fraction of sp³-hybridized carbons (Fsp3) is 0.800. The minimum absolute atomic E-state index is 0.201. The molecule has 1 rings (SSSR count). The lowest BCUT2D eigenvalue weighted by Gasteiger charge is -2.30. The van der Waals surface area contributed by atoms with Gasteiger partial charge in [-0.1, -0.05) is 6.92 Å². The molecule has 1 fully saturated rings. The summed E-state index contributed by atoms with van der Waals surface area (Å²) < 4.78 is 4.92. The van der Waals surface area contributed by atoms with E-state index >= 15 is 0 Å². The first-order chi connectivity index (χ1) is 7.06. The van der Waals surface area contributed by atoms with Crippen LogP contribution in [-0.2, 0) is 9.53 Å². The zero-order valence-corrected chi connectivity index (χ0v) is 9.50. The lowest BCUT2D eigenvalue weighted by atomic mass is 9.97. The van der Waals surface area contributed by atoms with E-state index in [0.717, 1.165) is 6.42 Å². The van der Waals surface area contributed by atoms with Crippen molar-refractivity contribution in [2.45, 2.75) is 32.2 Å². The van der Waals surface area contributed by atoms with Gasteiger partial charge in [0.1, 0.15) is 5.54 Å². The molecule has 0 aromatic rings. The molecule has 0 aromatic carbocycles. The summed E-state index contributed by atoms with van der Waals surface area (Å²) in [6, 6.07) is -0.291. The summed E-state index contributed by atoms with van der Waals surface area (Å²) in [6.45, 7) is 4.84. The minimum atomic E-state index is -0.690. The van der Waals surface area contributed by atoms with Gasteiger partial charge in [-0.05, 0) is 19.8 Å². The maximum Gasteiger partial charge on any atom is 0.325 e. The number of amides is 3. The second-order valence-electron chi connectivity index (χ2n) is 3.88. The van der Waals surface area contributed by atoms with Gasteiger partial charge in [0.2, 0.25) is 0 Å². The third-order valence-corrected chi connectivity index (χ3v) is 2.97. The highest BCUT2D eigenvalue weighted by atomic mass is 16.5. The van der Waals surface area contributed by atoms with Crippen LogP contribution in [0.3, 0.4) is 0 Å². The molecule has 1 aliphatic heterocycles. The van der Waals surface area contributed by atoms with Gasteiger partial charge < -0.3 is 9.64 Å². The number of imide groups is 1. The first-order valence-electron chi connectivity index (χ1n) is 5.18. The molecule has 0 spiro atoms. The highest BCUT2D eigenvalue weighted by molar-refractivity contribution is 6.06. The fourth-order valence-corrected chi connectivity index (χ4v) is 1.71. The molecule has 1 aliphatic rings. The standard InChI is InChI=1S/C10H18N2O3/c1-4-10(2)8(13)11-9(14)12(10)6-5-7-15-3/h4-7H2,1-3H3,(H,11,13,14). The van der Waals surface area contributed by atoms with E-state index in [1.807, 2.05) is 6.92 Å². The Hall–Kier alpha value is -1.10. The third kappa shape index (κ3) is 2.12. The van der Waals surface area contributed by atoms with Crippen molar-refractivity contribution < 1.29 is 14.3 Å². The van der Waals surface area contributed by atoms with Crippen LogP contribution in [0.5, 0.6) is 0 Å². The normalized spacial score (nSPS) is 25.9. The van der Waals surface area contributed by atoms with Crippen LogP contribution in [0.4, 0.5) is 4.79 Å². The van der Waals surface area contributed by atoms with E-state index in [2.05, 4.69) is 5.32 Å². The number of ether oxygens (including phenoxy) is 1. The zero-order chi connectivity index (χ0) is 11.5. The predicted molar refractivity (Wildman–Crippen MR) is 55.4 cm³/mol. The van der Waals surface area contributed by atoms with Gasteiger partial charge in [0.05, 0.1) is 0 Å². The van der Waals surface area contributed by atoms with Crippen molar-refractivity contribution in [2.24, 2.45) is 0 Å². The maximum atomic E-state index is 11.6. The van der Waals surface area contributed by atoms with E-state index < -0.39 is 5.54 Å². The Morgan fingerprint density at radius 1 is 1.47 bits per heavy atom.